The summed E-state index contributed by atoms with van der Waals surface area (Å²) in [6.45, 7) is 1.66. The zero-order valence-electron chi connectivity index (χ0n) is 10.1. The van der Waals surface area contributed by atoms with E-state index in [1.165, 1.54) is 0 Å². The number of halogens is 2. The lowest BCUT2D eigenvalue weighted by Gasteiger charge is -2.47. The van der Waals surface area contributed by atoms with Crippen LogP contribution in [0.3, 0.4) is 0 Å². The number of nitrogens with one attached hydrogen (secondary N) is 1. The quantitative estimate of drug-likeness (QED) is 0.460. The number of aliphatic hydroxyl groups excluding tert-OH is 1. The highest BCUT2D eigenvalue weighted by molar-refractivity contribution is 8.00. The SMILES string of the molecule is OCCSC1CCO[P](O)(NCCCl)N1CCCl. The van der Waals surface area contributed by atoms with E-state index in [9.17, 15) is 4.89 Å². The first kappa shape index (κ1) is 17.2. The first-order chi connectivity index (χ1) is 8.68. The van der Waals surface area contributed by atoms with Crippen LogP contribution in [0.15, 0.2) is 0 Å². The molecule has 0 amide bonds. The van der Waals surface area contributed by atoms with Gasteiger partial charge in [0.2, 0.25) is 8.02 Å². The molecule has 1 radical (unpaired) electrons. The molecular weight excluding hydrogens is 318 g/mol. The topological polar surface area (TPSA) is 65.0 Å². The van der Waals surface area contributed by atoms with Crippen LogP contribution in [0, 0.1) is 0 Å². The van der Waals surface area contributed by atoms with Crippen molar-refractivity contribution in [2.24, 2.45) is 0 Å². The predicted octanol–water partition coefficient (Wildman–Crippen LogP) is 1.50. The molecule has 109 valence electrons. The van der Waals surface area contributed by atoms with Gasteiger partial charge in [0.05, 0.1) is 18.6 Å². The Kier molecular flexibility index (Phi) is 8.76. The average Bonchev–Trinajstić information content (AvgIpc) is 2.37. The minimum absolute atomic E-state index is 0.116. The van der Waals surface area contributed by atoms with Crippen LogP contribution in [0.4, 0.5) is 0 Å². The molecular formula is C9H20Cl2N2O3PS. The number of alkyl halides is 2. The number of hydrogen-bond acceptors (Lipinski definition) is 6. The van der Waals surface area contributed by atoms with Crippen molar-refractivity contribution in [3.63, 3.8) is 0 Å². The normalized spacial score (nSPS) is 29.7. The first-order valence-electron chi connectivity index (χ1n) is 5.81. The van der Waals surface area contributed by atoms with Crippen LogP contribution < -0.4 is 5.09 Å². The molecule has 18 heavy (non-hydrogen) atoms. The molecule has 0 bridgehead atoms. The fourth-order valence-corrected chi connectivity index (χ4v) is 5.77. The maximum absolute atomic E-state index is 10.6. The van der Waals surface area contributed by atoms with Crippen LogP contribution in [-0.2, 0) is 4.52 Å². The van der Waals surface area contributed by atoms with Gasteiger partial charge in [0.1, 0.15) is 0 Å². The van der Waals surface area contributed by atoms with Gasteiger partial charge in [-0.05, 0) is 6.42 Å². The van der Waals surface area contributed by atoms with Gasteiger partial charge >= 0.3 is 0 Å². The molecule has 0 aromatic rings. The van der Waals surface area contributed by atoms with Crippen molar-refractivity contribution in [3.05, 3.63) is 0 Å². The van der Waals surface area contributed by atoms with Gasteiger partial charge in [-0.1, -0.05) is 0 Å². The van der Waals surface area contributed by atoms with Gasteiger partial charge in [0.15, 0.2) is 0 Å². The van der Waals surface area contributed by atoms with Gasteiger partial charge in [0, 0.05) is 30.6 Å². The third-order valence-corrected chi connectivity index (χ3v) is 6.60. The van der Waals surface area contributed by atoms with Crippen LogP contribution >= 0.6 is 43.0 Å². The van der Waals surface area contributed by atoms with Crippen LogP contribution in [0.1, 0.15) is 6.42 Å². The van der Waals surface area contributed by atoms with Gasteiger partial charge in [-0.3, -0.25) is 0 Å². The van der Waals surface area contributed by atoms with Gasteiger partial charge in [-0.15, -0.1) is 35.0 Å². The highest BCUT2D eigenvalue weighted by Gasteiger charge is 2.41. The third kappa shape index (κ3) is 4.93. The highest BCUT2D eigenvalue weighted by atomic mass is 35.5. The molecule has 1 aliphatic rings. The molecule has 1 fully saturated rings. The Bertz CT molecular complexity index is 246. The summed E-state index contributed by atoms with van der Waals surface area (Å²) < 4.78 is 7.42. The van der Waals surface area contributed by atoms with E-state index in [0.29, 0.717) is 37.2 Å². The van der Waals surface area contributed by atoms with E-state index in [-0.39, 0.29) is 12.0 Å². The number of hydrogen-bond donors (Lipinski definition) is 3. The summed E-state index contributed by atoms with van der Waals surface area (Å²) in [5, 5.41) is 12.0. The van der Waals surface area contributed by atoms with Crippen molar-refractivity contribution in [3.8, 4) is 0 Å². The molecule has 2 unspecified atom stereocenters. The van der Waals surface area contributed by atoms with Crippen molar-refractivity contribution in [1.82, 2.24) is 9.76 Å². The zero-order valence-corrected chi connectivity index (χ0v) is 13.3. The molecule has 1 rings (SSSR count). The minimum atomic E-state index is -2.79. The Morgan fingerprint density at radius 3 is 2.83 bits per heavy atom. The lowest BCUT2D eigenvalue weighted by molar-refractivity contribution is 0.166. The van der Waals surface area contributed by atoms with Crippen LogP contribution in [0.25, 0.3) is 0 Å². The molecule has 2 atom stereocenters. The molecule has 0 aliphatic carbocycles. The molecule has 3 N–H and O–H groups in total. The van der Waals surface area contributed by atoms with E-state index in [1.54, 1.807) is 11.8 Å². The van der Waals surface area contributed by atoms with Gasteiger partial charge in [0.25, 0.3) is 0 Å². The van der Waals surface area contributed by atoms with Gasteiger partial charge < -0.3 is 14.5 Å². The Hall–Kier alpha value is 1.16. The molecule has 5 nitrogen and oxygen atoms in total. The Balaban J connectivity index is 2.67. The van der Waals surface area contributed by atoms with E-state index in [1.807, 2.05) is 4.67 Å². The summed E-state index contributed by atoms with van der Waals surface area (Å²) in [5.74, 6) is 1.47. The van der Waals surface area contributed by atoms with E-state index in [2.05, 4.69) is 5.09 Å². The van der Waals surface area contributed by atoms with E-state index >= 15 is 0 Å². The van der Waals surface area contributed by atoms with Crippen molar-refractivity contribution < 1.29 is 14.5 Å². The first-order valence-corrected chi connectivity index (χ1v) is 9.54. The van der Waals surface area contributed by atoms with Crippen LogP contribution in [0.5, 0.6) is 0 Å². The highest BCUT2D eigenvalue weighted by Crippen LogP contribution is 2.60. The third-order valence-electron chi connectivity index (χ3n) is 2.44. The van der Waals surface area contributed by atoms with E-state index < -0.39 is 8.02 Å². The molecule has 1 aliphatic heterocycles. The maximum atomic E-state index is 10.6. The second-order valence-electron chi connectivity index (χ2n) is 3.66. The second-order valence-corrected chi connectivity index (χ2v) is 7.88. The summed E-state index contributed by atoms with van der Waals surface area (Å²) in [4.78, 5) is 10.6. The fourth-order valence-electron chi connectivity index (χ4n) is 1.73. The predicted molar refractivity (Wildman–Crippen MR) is 79.2 cm³/mol. The fraction of sp³-hybridized carbons (Fsp3) is 1.00. The number of rotatable bonds is 8. The van der Waals surface area contributed by atoms with Gasteiger partial charge in [-0.2, -0.15) is 0 Å². The molecule has 0 aromatic heterocycles. The van der Waals surface area contributed by atoms with Crippen molar-refractivity contribution in [2.45, 2.75) is 11.8 Å². The Morgan fingerprint density at radius 2 is 2.22 bits per heavy atom. The van der Waals surface area contributed by atoms with Crippen molar-refractivity contribution >= 4 is 43.0 Å². The summed E-state index contributed by atoms with van der Waals surface area (Å²) in [7, 11) is -2.79. The van der Waals surface area contributed by atoms with E-state index in [0.717, 1.165) is 6.42 Å². The largest absolute Gasteiger partial charge is 0.396 e. The molecule has 0 aromatic carbocycles. The maximum Gasteiger partial charge on any atom is 0.244 e. The number of aliphatic hydroxyl groups is 1. The van der Waals surface area contributed by atoms with Crippen LogP contribution in [-0.4, -0.2) is 63.9 Å². The minimum Gasteiger partial charge on any atom is -0.396 e. The van der Waals surface area contributed by atoms with Gasteiger partial charge in [-0.25, -0.2) is 9.76 Å². The van der Waals surface area contributed by atoms with Crippen molar-refractivity contribution in [1.29, 1.82) is 0 Å². The second kappa shape index (κ2) is 9.16. The summed E-state index contributed by atoms with van der Waals surface area (Å²) in [6.07, 6.45) is 0.812. The lowest BCUT2D eigenvalue weighted by atomic mass is 10.4. The smallest absolute Gasteiger partial charge is 0.244 e. The van der Waals surface area contributed by atoms with Crippen LogP contribution in [0.2, 0.25) is 0 Å². The molecule has 9 heteroatoms. The summed E-state index contributed by atoms with van der Waals surface area (Å²) >= 11 is 13.0. The molecule has 1 heterocycles. The Morgan fingerprint density at radius 1 is 1.44 bits per heavy atom. The average molecular weight is 338 g/mol. The Labute approximate surface area is 123 Å². The monoisotopic (exact) mass is 337 g/mol. The molecule has 0 spiro atoms. The molecule has 1 saturated heterocycles. The summed E-state index contributed by atoms with van der Waals surface area (Å²) in [5.41, 5.74) is 0. The van der Waals surface area contributed by atoms with Crippen molar-refractivity contribution in [2.75, 3.05) is 43.8 Å². The number of nitrogens with zero attached hydrogens (tertiary/aromatic N) is 1. The summed E-state index contributed by atoms with van der Waals surface area (Å²) in [6, 6.07) is 0. The molecule has 0 saturated carbocycles. The van der Waals surface area contributed by atoms with E-state index in [4.69, 9.17) is 32.8 Å². The standard InChI is InChI=1S/C9H20Cl2N2O3PS/c10-2-4-12-17(15)13(5-3-11)9(1-7-16-17)18-8-6-14/h9,12,14-15H,1-8H2. The number of thioether (sulfide) groups is 1. The zero-order chi connectivity index (χ0) is 13.4. The lowest BCUT2D eigenvalue weighted by Crippen LogP contribution is -2.45.